The first kappa shape index (κ1) is 19.9. The van der Waals surface area contributed by atoms with Crippen molar-refractivity contribution in [1.82, 2.24) is 4.31 Å². The second-order valence-electron chi connectivity index (χ2n) is 5.38. The molecule has 140 valence electrons. The number of ether oxygens (including phenoxy) is 2. The molecule has 0 unspecified atom stereocenters. The van der Waals surface area contributed by atoms with Crippen molar-refractivity contribution in [2.45, 2.75) is 13.2 Å². The molecular weight excluding hydrogens is 364 g/mol. The normalized spacial score (nSPS) is 12.1. The second kappa shape index (κ2) is 8.77. The summed E-state index contributed by atoms with van der Waals surface area (Å²) in [5.41, 5.74) is 1.34. The maximum Gasteiger partial charge on any atom is 0.387 e. The molecule has 0 saturated heterocycles. The molecule has 0 aromatic heterocycles. The van der Waals surface area contributed by atoms with Gasteiger partial charge in [0.2, 0.25) is 10.0 Å². The van der Waals surface area contributed by atoms with E-state index in [1.54, 1.807) is 12.1 Å². The summed E-state index contributed by atoms with van der Waals surface area (Å²) in [7, 11) is -0.893. The standard InChI is InChI=1S/C18H19F2NO4S/c1-21(26(22,23)11-10-14-6-4-3-5-7-14)13-15-8-9-16(25-18(19)20)17(12-15)24-2/h3-12,18H,13H2,1-2H3/b11-10+. The van der Waals surface area contributed by atoms with E-state index in [9.17, 15) is 17.2 Å². The molecule has 26 heavy (non-hydrogen) atoms. The summed E-state index contributed by atoms with van der Waals surface area (Å²) < 4.78 is 59.9. The maximum atomic E-state index is 12.4. The average molecular weight is 383 g/mol. The number of halogens is 2. The zero-order valence-electron chi connectivity index (χ0n) is 14.3. The lowest BCUT2D eigenvalue weighted by atomic mass is 10.2. The van der Waals surface area contributed by atoms with Crippen LogP contribution in [0.5, 0.6) is 11.5 Å². The molecule has 0 aliphatic heterocycles. The summed E-state index contributed by atoms with van der Waals surface area (Å²) in [4.78, 5) is 0. The number of hydrogen-bond donors (Lipinski definition) is 0. The molecule has 0 radical (unpaired) electrons. The highest BCUT2D eigenvalue weighted by atomic mass is 32.2. The number of benzene rings is 2. The summed E-state index contributed by atoms with van der Waals surface area (Å²) in [6.07, 6.45) is 1.51. The number of hydrogen-bond acceptors (Lipinski definition) is 4. The number of nitrogens with zero attached hydrogens (tertiary/aromatic N) is 1. The zero-order valence-corrected chi connectivity index (χ0v) is 15.1. The number of methoxy groups -OCH3 is 1. The van der Waals surface area contributed by atoms with E-state index in [1.165, 1.54) is 38.4 Å². The highest BCUT2D eigenvalue weighted by Gasteiger charge is 2.17. The third kappa shape index (κ3) is 5.53. The van der Waals surface area contributed by atoms with Crippen LogP contribution in [-0.2, 0) is 16.6 Å². The van der Waals surface area contributed by atoms with Gasteiger partial charge in [-0.2, -0.15) is 13.1 Å². The highest BCUT2D eigenvalue weighted by molar-refractivity contribution is 7.92. The largest absolute Gasteiger partial charge is 0.493 e. The van der Waals surface area contributed by atoms with Crippen molar-refractivity contribution in [2.75, 3.05) is 14.2 Å². The van der Waals surface area contributed by atoms with Gasteiger partial charge < -0.3 is 9.47 Å². The van der Waals surface area contributed by atoms with Crippen LogP contribution in [0.25, 0.3) is 6.08 Å². The molecule has 2 aromatic rings. The van der Waals surface area contributed by atoms with E-state index in [2.05, 4.69) is 4.74 Å². The monoisotopic (exact) mass is 383 g/mol. The van der Waals surface area contributed by atoms with Crippen molar-refractivity contribution in [3.63, 3.8) is 0 Å². The Morgan fingerprint density at radius 3 is 2.42 bits per heavy atom. The predicted molar refractivity (Wildman–Crippen MR) is 95.5 cm³/mol. The Hall–Kier alpha value is -2.45. The van der Waals surface area contributed by atoms with Gasteiger partial charge in [0.05, 0.1) is 7.11 Å². The molecule has 8 heteroatoms. The molecule has 0 bridgehead atoms. The van der Waals surface area contributed by atoms with Crippen LogP contribution in [0.2, 0.25) is 0 Å². The summed E-state index contributed by atoms with van der Waals surface area (Å²) in [6, 6.07) is 13.3. The van der Waals surface area contributed by atoms with E-state index >= 15 is 0 Å². The van der Waals surface area contributed by atoms with E-state index in [0.29, 0.717) is 5.56 Å². The third-order valence-corrected chi connectivity index (χ3v) is 4.99. The molecule has 0 N–H and O–H groups in total. The van der Waals surface area contributed by atoms with Crippen molar-refractivity contribution in [3.05, 3.63) is 65.1 Å². The fourth-order valence-corrected chi connectivity index (χ4v) is 3.05. The fourth-order valence-electron chi connectivity index (χ4n) is 2.18. The van der Waals surface area contributed by atoms with Crippen molar-refractivity contribution in [3.8, 4) is 11.5 Å². The molecule has 2 aromatic carbocycles. The number of rotatable bonds is 8. The Balaban J connectivity index is 2.13. The first-order valence-corrected chi connectivity index (χ1v) is 9.13. The Morgan fingerprint density at radius 1 is 1.12 bits per heavy atom. The van der Waals surface area contributed by atoms with Gasteiger partial charge in [0, 0.05) is 19.0 Å². The van der Waals surface area contributed by atoms with Crippen molar-refractivity contribution in [2.24, 2.45) is 0 Å². The van der Waals surface area contributed by atoms with Crippen molar-refractivity contribution in [1.29, 1.82) is 0 Å². The molecule has 0 fully saturated rings. The minimum absolute atomic E-state index is 0.0484. The summed E-state index contributed by atoms with van der Waals surface area (Å²) in [5.74, 6) is -0.00541. The smallest absolute Gasteiger partial charge is 0.387 e. The molecule has 0 atom stereocenters. The highest BCUT2D eigenvalue weighted by Crippen LogP contribution is 2.30. The van der Waals surface area contributed by atoms with Crippen LogP contribution in [0.1, 0.15) is 11.1 Å². The van der Waals surface area contributed by atoms with Crippen LogP contribution in [-0.4, -0.2) is 33.5 Å². The second-order valence-corrected chi connectivity index (χ2v) is 7.30. The van der Waals surface area contributed by atoms with Crippen LogP contribution >= 0.6 is 0 Å². The third-order valence-electron chi connectivity index (χ3n) is 3.52. The van der Waals surface area contributed by atoms with E-state index in [4.69, 9.17) is 4.74 Å². The Kier molecular flexibility index (Phi) is 6.70. The van der Waals surface area contributed by atoms with Crippen LogP contribution in [0.4, 0.5) is 8.78 Å². The quantitative estimate of drug-likeness (QED) is 0.697. The number of alkyl halides is 2. The molecule has 0 spiro atoms. The molecule has 0 amide bonds. The molecular formula is C18H19F2NO4S. The van der Waals surface area contributed by atoms with Gasteiger partial charge >= 0.3 is 6.61 Å². The average Bonchev–Trinajstić information content (AvgIpc) is 2.61. The SMILES string of the molecule is COc1cc(CN(C)S(=O)(=O)/C=C/c2ccccc2)ccc1OC(F)F. The zero-order chi connectivity index (χ0) is 19.2. The maximum absolute atomic E-state index is 12.4. The van der Waals surface area contributed by atoms with Gasteiger partial charge in [-0.3, -0.25) is 0 Å². The lowest BCUT2D eigenvalue weighted by Gasteiger charge is -2.16. The van der Waals surface area contributed by atoms with Gasteiger partial charge in [0.15, 0.2) is 11.5 Å². The van der Waals surface area contributed by atoms with Gasteiger partial charge in [-0.15, -0.1) is 0 Å². The first-order valence-electron chi connectivity index (χ1n) is 7.63. The van der Waals surface area contributed by atoms with Gasteiger partial charge in [0.1, 0.15) is 0 Å². The van der Waals surface area contributed by atoms with E-state index in [0.717, 1.165) is 15.3 Å². The Labute approximate surface area is 151 Å². The van der Waals surface area contributed by atoms with Gasteiger partial charge in [-0.25, -0.2) is 8.42 Å². The van der Waals surface area contributed by atoms with Crippen LogP contribution < -0.4 is 9.47 Å². The van der Waals surface area contributed by atoms with Crippen molar-refractivity contribution < 1.29 is 26.7 Å². The molecule has 5 nitrogen and oxygen atoms in total. The lowest BCUT2D eigenvalue weighted by Crippen LogP contribution is -2.24. The van der Waals surface area contributed by atoms with Crippen molar-refractivity contribution >= 4 is 16.1 Å². The molecule has 0 aliphatic rings. The predicted octanol–water partition coefficient (Wildman–Crippen LogP) is 3.73. The summed E-state index contributed by atoms with van der Waals surface area (Å²) >= 11 is 0. The number of sulfonamides is 1. The van der Waals surface area contributed by atoms with Gasteiger partial charge in [-0.1, -0.05) is 36.4 Å². The summed E-state index contributed by atoms with van der Waals surface area (Å²) in [5, 5.41) is 1.12. The lowest BCUT2D eigenvalue weighted by molar-refractivity contribution is -0.0512. The Morgan fingerprint density at radius 2 is 1.81 bits per heavy atom. The molecule has 0 aliphatic carbocycles. The molecule has 2 rings (SSSR count). The molecule has 0 saturated carbocycles. The first-order chi connectivity index (χ1) is 12.3. The minimum Gasteiger partial charge on any atom is -0.493 e. The fraction of sp³-hybridized carbons (Fsp3) is 0.222. The van der Waals surface area contributed by atoms with Gasteiger partial charge in [-0.05, 0) is 29.3 Å². The summed E-state index contributed by atoms with van der Waals surface area (Å²) in [6.45, 7) is -2.92. The van der Waals surface area contributed by atoms with E-state index in [-0.39, 0.29) is 18.0 Å². The topological polar surface area (TPSA) is 55.8 Å². The Bertz CT molecular complexity index is 855. The van der Waals surface area contributed by atoms with Crippen LogP contribution in [0.3, 0.4) is 0 Å². The van der Waals surface area contributed by atoms with E-state index in [1.807, 2.05) is 18.2 Å². The minimum atomic E-state index is -3.64. The van der Waals surface area contributed by atoms with Gasteiger partial charge in [0.25, 0.3) is 0 Å². The van der Waals surface area contributed by atoms with Crippen LogP contribution in [0.15, 0.2) is 53.9 Å². The van der Waals surface area contributed by atoms with E-state index < -0.39 is 16.6 Å². The molecule has 0 heterocycles. The van der Waals surface area contributed by atoms with Crippen LogP contribution in [0, 0.1) is 0 Å².